The number of aryl methyl sites for hydroxylation is 2. The average molecular weight is 355 g/mol. The molecule has 2 aromatic rings. The van der Waals surface area contributed by atoms with Crippen molar-refractivity contribution in [3.05, 3.63) is 51.0 Å². The molecule has 0 spiro atoms. The summed E-state index contributed by atoms with van der Waals surface area (Å²) in [7, 11) is 0. The van der Waals surface area contributed by atoms with Crippen LogP contribution in [-0.2, 0) is 13.2 Å². The second-order valence-electron chi connectivity index (χ2n) is 4.79. The van der Waals surface area contributed by atoms with Gasteiger partial charge in [0, 0.05) is 29.6 Å². The number of halogens is 2. The number of aromatic nitrogens is 1. The lowest BCUT2D eigenvalue weighted by Gasteiger charge is -2.15. The van der Waals surface area contributed by atoms with E-state index >= 15 is 0 Å². The van der Waals surface area contributed by atoms with E-state index in [0.717, 1.165) is 5.56 Å². The molecule has 0 saturated carbocycles. The molecular formula is C15H16BrFN2O2. The van der Waals surface area contributed by atoms with Crippen molar-refractivity contribution < 1.29 is 14.6 Å². The number of aromatic hydroxyl groups is 1. The first-order valence-corrected chi connectivity index (χ1v) is 7.20. The molecule has 0 fully saturated rings. The van der Waals surface area contributed by atoms with E-state index in [2.05, 4.69) is 26.2 Å². The molecule has 0 unspecified atom stereocenters. The Morgan fingerprint density at radius 2 is 2.05 bits per heavy atom. The van der Waals surface area contributed by atoms with Gasteiger partial charge in [0.15, 0.2) is 0 Å². The first-order valence-electron chi connectivity index (χ1n) is 6.40. The van der Waals surface area contributed by atoms with Gasteiger partial charge in [-0.1, -0.05) is 0 Å². The van der Waals surface area contributed by atoms with Gasteiger partial charge in [-0.05, 0) is 47.5 Å². The number of aliphatic hydroxyl groups is 1. The molecule has 0 aliphatic rings. The van der Waals surface area contributed by atoms with Crippen molar-refractivity contribution in [1.82, 2.24) is 4.98 Å². The highest BCUT2D eigenvalue weighted by Gasteiger charge is 2.12. The zero-order valence-electron chi connectivity index (χ0n) is 11.7. The first-order chi connectivity index (χ1) is 9.93. The lowest BCUT2D eigenvalue weighted by atomic mass is 10.1. The summed E-state index contributed by atoms with van der Waals surface area (Å²) in [6, 6.07) is 3.07. The van der Waals surface area contributed by atoms with E-state index in [1.54, 1.807) is 13.0 Å². The molecule has 0 amide bonds. The summed E-state index contributed by atoms with van der Waals surface area (Å²) in [6.45, 7) is 3.60. The molecule has 0 atom stereocenters. The maximum absolute atomic E-state index is 13.6. The van der Waals surface area contributed by atoms with Gasteiger partial charge >= 0.3 is 0 Å². The second kappa shape index (κ2) is 6.41. The molecule has 1 heterocycles. The minimum Gasteiger partial charge on any atom is -0.506 e. The number of hydrogen-bond donors (Lipinski definition) is 3. The van der Waals surface area contributed by atoms with E-state index in [1.807, 2.05) is 6.92 Å². The van der Waals surface area contributed by atoms with Crippen molar-refractivity contribution in [2.45, 2.75) is 27.0 Å². The standard InChI is InChI=1S/C15H16BrFN2O2/c1-8-3-12(16)13(17)4-14(8)19-6-11-10(7-20)5-18-9(2)15(11)21/h3-5,19-21H,6-7H2,1-2H3. The fourth-order valence-corrected chi connectivity index (χ4v) is 2.50. The van der Waals surface area contributed by atoms with Gasteiger partial charge in [-0.25, -0.2) is 4.39 Å². The third kappa shape index (κ3) is 3.33. The molecule has 0 aliphatic heterocycles. The molecule has 2 rings (SSSR count). The van der Waals surface area contributed by atoms with Crippen LogP contribution in [0.3, 0.4) is 0 Å². The van der Waals surface area contributed by atoms with Crippen LogP contribution in [0.2, 0.25) is 0 Å². The molecule has 0 aliphatic carbocycles. The fourth-order valence-electron chi connectivity index (χ4n) is 2.04. The zero-order chi connectivity index (χ0) is 15.6. The van der Waals surface area contributed by atoms with Gasteiger partial charge in [-0.3, -0.25) is 4.98 Å². The number of nitrogens with one attached hydrogen (secondary N) is 1. The van der Waals surface area contributed by atoms with Crippen LogP contribution in [0.1, 0.15) is 22.4 Å². The molecule has 3 N–H and O–H groups in total. The van der Waals surface area contributed by atoms with Crippen LogP contribution in [-0.4, -0.2) is 15.2 Å². The average Bonchev–Trinajstić information content (AvgIpc) is 2.45. The molecule has 0 radical (unpaired) electrons. The van der Waals surface area contributed by atoms with Gasteiger partial charge in [0.1, 0.15) is 11.6 Å². The minimum atomic E-state index is -0.361. The number of aliphatic hydroxyl groups excluding tert-OH is 1. The largest absolute Gasteiger partial charge is 0.506 e. The van der Waals surface area contributed by atoms with Gasteiger partial charge < -0.3 is 15.5 Å². The second-order valence-corrected chi connectivity index (χ2v) is 5.64. The number of anilines is 1. The topological polar surface area (TPSA) is 65.4 Å². The van der Waals surface area contributed by atoms with Crippen LogP contribution in [0.15, 0.2) is 22.8 Å². The minimum absolute atomic E-state index is 0.0456. The summed E-state index contributed by atoms with van der Waals surface area (Å²) < 4.78 is 14.0. The maximum atomic E-state index is 13.6. The molecule has 21 heavy (non-hydrogen) atoms. The molecule has 6 heteroatoms. The first kappa shape index (κ1) is 15.7. The van der Waals surface area contributed by atoms with Gasteiger partial charge in [0.25, 0.3) is 0 Å². The molecule has 4 nitrogen and oxygen atoms in total. The Balaban J connectivity index is 2.28. The number of hydrogen-bond acceptors (Lipinski definition) is 4. The Kier molecular flexibility index (Phi) is 4.80. The summed E-state index contributed by atoms with van der Waals surface area (Å²) >= 11 is 3.14. The quantitative estimate of drug-likeness (QED) is 0.787. The number of pyridine rings is 1. The maximum Gasteiger partial charge on any atom is 0.142 e. The molecule has 1 aromatic carbocycles. The predicted molar refractivity (Wildman–Crippen MR) is 82.7 cm³/mol. The number of rotatable bonds is 4. The van der Waals surface area contributed by atoms with Crippen LogP contribution in [0.25, 0.3) is 0 Å². The van der Waals surface area contributed by atoms with Gasteiger partial charge in [-0.2, -0.15) is 0 Å². The highest BCUT2D eigenvalue weighted by molar-refractivity contribution is 9.10. The molecule has 112 valence electrons. The van der Waals surface area contributed by atoms with Crippen molar-refractivity contribution >= 4 is 21.6 Å². The summed E-state index contributed by atoms with van der Waals surface area (Å²) in [6.07, 6.45) is 1.53. The zero-order valence-corrected chi connectivity index (χ0v) is 13.3. The Labute approximate surface area is 130 Å². The highest BCUT2D eigenvalue weighted by atomic mass is 79.9. The van der Waals surface area contributed by atoms with Crippen LogP contribution in [0.4, 0.5) is 10.1 Å². The SMILES string of the molecule is Cc1cc(Br)c(F)cc1NCc1c(CO)cnc(C)c1O. The lowest BCUT2D eigenvalue weighted by molar-refractivity contribution is 0.279. The fraction of sp³-hybridized carbons (Fsp3) is 0.267. The van der Waals surface area contributed by atoms with Crippen molar-refractivity contribution in [2.75, 3.05) is 5.32 Å². The van der Waals surface area contributed by atoms with Crippen LogP contribution in [0.5, 0.6) is 5.75 Å². The Morgan fingerprint density at radius 3 is 2.71 bits per heavy atom. The molecule has 0 saturated heterocycles. The number of benzene rings is 1. The van der Waals surface area contributed by atoms with E-state index in [4.69, 9.17) is 0 Å². The van der Waals surface area contributed by atoms with Crippen molar-refractivity contribution in [2.24, 2.45) is 0 Å². The summed E-state index contributed by atoms with van der Waals surface area (Å²) in [5.41, 5.74) is 3.10. The van der Waals surface area contributed by atoms with Gasteiger partial charge in [-0.15, -0.1) is 0 Å². The van der Waals surface area contributed by atoms with E-state index in [1.165, 1.54) is 12.3 Å². The third-order valence-electron chi connectivity index (χ3n) is 3.32. The van der Waals surface area contributed by atoms with Crippen LogP contribution >= 0.6 is 15.9 Å². The van der Waals surface area contributed by atoms with Gasteiger partial charge in [0.05, 0.1) is 16.8 Å². The van der Waals surface area contributed by atoms with Crippen LogP contribution < -0.4 is 5.32 Å². The predicted octanol–water partition coefficient (Wildman–Crippen LogP) is 3.41. The Hall–Kier alpha value is -1.66. The van der Waals surface area contributed by atoms with Crippen molar-refractivity contribution in [3.8, 4) is 5.75 Å². The molecule has 0 bridgehead atoms. The lowest BCUT2D eigenvalue weighted by Crippen LogP contribution is -2.07. The van der Waals surface area contributed by atoms with E-state index < -0.39 is 0 Å². The van der Waals surface area contributed by atoms with Crippen molar-refractivity contribution in [1.29, 1.82) is 0 Å². The molecule has 1 aromatic heterocycles. The highest BCUT2D eigenvalue weighted by Crippen LogP contribution is 2.27. The van der Waals surface area contributed by atoms with E-state index in [-0.39, 0.29) is 24.7 Å². The van der Waals surface area contributed by atoms with Crippen LogP contribution in [0, 0.1) is 19.7 Å². The van der Waals surface area contributed by atoms with E-state index in [0.29, 0.717) is 27.0 Å². The monoisotopic (exact) mass is 354 g/mol. The smallest absolute Gasteiger partial charge is 0.142 e. The third-order valence-corrected chi connectivity index (χ3v) is 3.93. The summed E-state index contributed by atoms with van der Waals surface area (Å²) in [5, 5.41) is 22.5. The Morgan fingerprint density at radius 1 is 1.33 bits per heavy atom. The molecular weight excluding hydrogens is 339 g/mol. The summed E-state index contributed by atoms with van der Waals surface area (Å²) in [5.74, 6) is -0.315. The van der Waals surface area contributed by atoms with E-state index in [9.17, 15) is 14.6 Å². The Bertz CT molecular complexity index is 677. The van der Waals surface area contributed by atoms with Gasteiger partial charge in [0.2, 0.25) is 0 Å². The summed E-state index contributed by atoms with van der Waals surface area (Å²) in [4.78, 5) is 4.00. The normalized spacial score (nSPS) is 10.7. The number of nitrogens with zero attached hydrogens (tertiary/aromatic N) is 1. The van der Waals surface area contributed by atoms with Crippen molar-refractivity contribution in [3.63, 3.8) is 0 Å².